The highest BCUT2D eigenvalue weighted by molar-refractivity contribution is 6.18. The van der Waals surface area contributed by atoms with Crippen molar-refractivity contribution in [2.75, 3.05) is 4.90 Å². The van der Waals surface area contributed by atoms with Gasteiger partial charge in [-0.2, -0.15) is 0 Å². The molecule has 0 aliphatic heterocycles. The number of rotatable bonds is 5. The van der Waals surface area contributed by atoms with Gasteiger partial charge in [-0.05, 0) is 92.3 Å². The van der Waals surface area contributed by atoms with Crippen LogP contribution in [-0.4, -0.2) is 0 Å². The molecule has 2 nitrogen and oxygen atoms in total. The molecule has 0 bridgehead atoms. The maximum Gasteiger partial charge on any atom is 0.143 e. The number of hydrogen-bond acceptors (Lipinski definition) is 2. The summed E-state index contributed by atoms with van der Waals surface area (Å²) >= 11 is 0. The third-order valence-corrected chi connectivity index (χ3v) is 10.1. The Bertz CT molecular complexity index is 2850. The van der Waals surface area contributed by atoms with Crippen LogP contribution in [0.5, 0.6) is 0 Å². The van der Waals surface area contributed by atoms with E-state index < -0.39 is 0 Å². The third kappa shape index (κ3) is 4.57. The van der Waals surface area contributed by atoms with Crippen molar-refractivity contribution in [2.24, 2.45) is 0 Å². The first-order chi connectivity index (χ1) is 24.8. The quantitative estimate of drug-likeness (QED) is 0.175. The molecular formula is C48H31NO. The van der Waals surface area contributed by atoms with Gasteiger partial charge in [-0.15, -0.1) is 0 Å². The van der Waals surface area contributed by atoms with Gasteiger partial charge >= 0.3 is 0 Å². The predicted molar refractivity (Wildman–Crippen MR) is 212 cm³/mol. The molecule has 0 saturated carbocycles. The van der Waals surface area contributed by atoms with Crippen molar-refractivity contribution in [1.82, 2.24) is 0 Å². The fourth-order valence-corrected chi connectivity index (χ4v) is 7.66. The second-order valence-corrected chi connectivity index (χ2v) is 12.9. The van der Waals surface area contributed by atoms with Crippen molar-refractivity contribution in [3.05, 3.63) is 188 Å². The normalized spacial score (nSPS) is 11.6. The number of furan rings is 1. The number of benzene rings is 9. The zero-order valence-electron chi connectivity index (χ0n) is 27.3. The standard InChI is InChI=1S/C48H31NO/c1-2-11-32(12-3-1)33-21-25-36(26-22-33)49(46-19-10-18-43-41(46)29-30-44-42-17-8-9-20-47(42)50-48(43)44)37-27-23-34(24-28-37)45-31-35-13-4-5-14-38(35)39-15-6-7-16-40(39)45/h1-31H. The fraction of sp³-hybridized carbons (Fsp3) is 0. The largest absolute Gasteiger partial charge is 0.455 e. The van der Waals surface area contributed by atoms with E-state index in [0.29, 0.717) is 0 Å². The second-order valence-electron chi connectivity index (χ2n) is 12.9. The molecule has 0 aliphatic carbocycles. The van der Waals surface area contributed by atoms with Crippen molar-refractivity contribution < 1.29 is 4.42 Å². The van der Waals surface area contributed by atoms with Gasteiger partial charge in [0.25, 0.3) is 0 Å². The molecule has 9 aromatic carbocycles. The van der Waals surface area contributed by atoms with E-state index in [-0.39, 0.29) is 0 Å². The molecule has 0 aliphatic rings. The smallest absolute Gasteiger partial charge is 0.143 e. The van der Waals surface area contributed by atoms with Crippen LogP contribution in [0, 0.1) is 0 Å². The molecule has 2 heteroatoms. The predicted octanol–water partition coefficient (Wildman–Crippen LogP) is 13.8. The van der Waals surface area contributed by atoms with Crippen molar-refractivity contribution in [3.63, 3.8) is 0 Å². The number of nitrogens with zero attached hydrogens (tertiary/aromatic N) is 1. The highest BCUT2D eigenvalue weighted by Gasteiger charge is 2.19. The first-order valence-electron chi connectivity index (χ1n) is 17.1. The van der Waals surface area contributed by atoms with E-state index in [9.17, 15) is 0 Å². The van der Waals surface area contributed by atoms with Gasteiger partial charge in [0.05, 0.1) is 5.69 Å². The average molecular weight is 638 g/mol. The molecule has 0 saturated heterocycles. The summed E-state index contributed by atoms with van der Waals surface area (Å²) in [5, 5.41) is 9.57. The van der Waals surface area contributed by atoms with E-state index >= 15 is 0 Å². The Labute approximate surface area is 290 Å². The Morgan fingerprint density at radius 1 is 0.340 bits per heavy atom. The van der Waals surface area contributed by atoms with Crippen molar-refractivity contribution in [1.29, 1.82) is 0 Å². The van der Waals surface area contributed by atoms with Crippen LogP contribution < -0.4 is 4.90 Å². The lowest BCUT2D eigenvalue weighted by atomic mass is 9.93. The maximum atomic E-state index is 6.49. The van der Waals surface area contributed by atoms with Gasteiger partial charge in [-0.25, -0.2) is 0 Å². The van der Waals surface area contributed by atoms with Crippen LogP contribution in [0.3, 0.4) is 0 Å². The van der Waals surface area contributed by atoms with Gasteiger partial charge in [-0.1, -0.05) is 140 Å². The molecule has 0 amide bonds. The zero-order chi connectivity index (χ0) is 33.0. The number of para-hydroxylation sites is 1. The van der Waals surface area contributed by atoms with Gasteiger partial charge in [0.1, 0.15) is 11.2 Å². The molecule has 0 spiro atoms. The first kappa shape index (κ1) is 28.4. The van der Waals surface area contributed by atoms with Crippen LogP contribution in [0.15, 0.2) is 192 Å². The monoisotopic (exact) mass is 637 g/mol. The Morgan fingerprint density at radius 3 is 1.68 bits per heavy atom. The van der Waals surface area contributed by atoms with E-state index in [4.69, 9.17) is 4.42 Å². The molecule has 0 unspecified atom stereocenters. The molecule has 1 aromatic heterocycles. The Kier molecular flexibility index (Phi) is 6.53. The van der Waals surface area contributed by atoms with Gasteiger partial charge in [0.15, 0.2) is 0 Å². The minimum atomic E-state index is 0.908. The molecular weight excluding hydrogens is 607 g/mol. The fourth-order valence-electron chi connectivity index (χ4n) is 7.66. The molecule has 1 heterocycles. The van der Waals surface area contributed by atoms with E-state index in [1.165, 1.54) is 43.8 Å². The number of anilines is 3. The molecule has 10 aromatic rings. The van der Waals surface area contributed by atoms with E-state index in [0.717, 1.165) is 49.8 Å². The summed E-state index contributed by atoms with van der Waals surface area (Å²) < 4.78 is 6.49. The Hall–Kier alpha value is -6.64. The highest BCUT2D eigenvalue weighted by atomic mass is 16.3. The summed E-state index contributed by atoms with van der Waals surface area (Å²) in [6, 6.07) is 67.5. The zero-order valence-corrected chi connectivity index (χ0v) is 27.3. The van der Waals surface area contributed by atoms with Crippen LogP contribution in [0.25, 0.3) is 76.5 Å². The lowest BCUT2D eigenvalue weighted by molar-refractivity contribution is 0.672. The average Bonchev–Trinajstić information content (AvgIpc) is 3.58. The number of hydrogen-bond donors (Lipinski definition) is 0. The van der Waals surface area contributed by atoms with E-state index in [2.05, 4.69) is 181 Å². The summed E-state index contributed by atoms with van der Waals surface area (Å²) in [4.78, 5) is 2.37. The molecule has 0 N–H and O–H groups in total. The van der Waals surface area contributed by atoms with Gasteiger partial charge in [0.2, 0.25) is 0 Å². The lowest BCUT2D eigenvalue weighted by Crippen LogP contribution is -2.10. The minimum Gasteiger partial charge on any atom is -0.455 e. The molecule has 0 radical (unpaired) electrons. The topological polar surface area (TPSA) is 16.4 Å². The van der Waals surface area contributed by atoms with E-state index in [1.807, 2.05) is 12.1 Å². The first-order valence-corrected chi connectivity index (χ1v) is 17.1. The van der Waals surface area contributed by atoms with Crippen LogP contribution >= 0.6 is 0 Å². The van der Waals surface area contributed by atoms with Crippen molar-refractivity contribution in [3.8, 4) is 22.3 Å². The van der Waals surface area contributed by atoms with Gasteiger partial charge in [0, 0.05) is 32.9 Å². The lowest BCUT2D eigenvalue weighted by Gasteiger charge is -2.27. The van der Waals surface area contributed by atoms with E-state index in [1.54, 1.807) is 0 Å². The molecule has 50 heavy (non-hydrogen) atoms. The van der Waals surface area contributed by atoms with Crippen molar-refractivity contribution in [2.45, 2.75) is 0 Å². The maximum absolute atomic E-state index is 6.49. The molecule has 10 rings (SSSR count). The number of fused-ring (bicyclic) bond motifs is 8. The van der Waals surface area contributed by atoms with Gasteiger partial charge < -0.3 is 9.32 Å². The summed E-state index contributed by atoms with van der Waals surface area (Å²) in [7, 11) is 0. The Balaban J connectivity index is 1.15. The molecule has 0 atom stereocenters. The van der Waals surface area contributed by atoms with Gasteiger partial charge in [-0.3, -0.25) is 0 Å². The summed E-state index contributed by atoms with van der Waals surface area (Å²) in [6.45, 7) is 0. The van der Waals surface area contributed by atoms with Crippen LogP contribution in [0.1, 0.15) is 0 Å². The second kappa shape index (κ2) is 11.5. The summed E-state index contributed by atoms with van der Waals surface area (Å²) in [6.07, 6.45) is 0. The summed E-state index contributed by atoms with van der Waals surface area (Å²) in [5.74, 6) is 0. The Morgan fingerprint density at radius 2 is 0.900 bits per heavy atom. The minimum absolute atomic E-state index is 0.908. The summed E-state index contributed by atoms with van der Waals surface area (Å²) in [5.41, 5.74) is 9.92. The molecule has 234 valence electrons. The van der Waals surface area contributed by atoms with Crippen LogP contribution in [-0.2, 0) is 0 Å². The SMILES string of the molecule is c1ccc(-c2ccc(N(c3ccc(-c4cc5ccccc5c5ccccc45)cc3)c3cccc4c3ccc3c5ccccc5oc43)cc2)cc1. The van der Waals surface area contributed by atoms with Crippen LogP contribution in [0.2, 0.25) is 0 Å². The highest BCUT2D eigenvalue weighted by Crippen LogP contribution is 2.44. The third-order valence-electron chi connectivity index (χ3n) is 10.1. The van der Waals surface area contributed by atoms with Crippen molar-refractivity contribution >= 4 is 71.3 Å². The van der Waals surface area contributed by atoms with Crippen LogP contribution in [0.4, 0.5) is 17.1 Å². The molecule has 0 fully saturated rings.